The maximum atomic E-state index is 11.4. The number of rotatable bonds is 1. The van der Waals surface area contributed by atoms with Crippen molar-refractivity contribution in [3.8, 4) is 0 Å². The lowest BCUT2D eigenvalue weighted by atomic mass is 10.1. The van der Waals surface area contributed by atoms with E-state index in [0.29, 0.717) is 12.8 Å². The van der Waals surface area contributed by atoms with Gasteiger partial charge in [-0.05, 0) is 24.5 Å². The number of fused-ring (bicyclic) bond motifs is 1. The van der Waals surface area contributed by atoms with Gasteiger partial charge in [0.1, 0.15) is 0 Å². The number of pyridine rings is 1. The normalized spacial score (nSPS) is 19.1. The van der Waals surface area contributed by atoms with Gasteiger partial charge in [-0.1, -0.05) is 0 Å². The molecule has 0 aromatic carbocycles. The molecule has 0 bridgehead atoms. The van der Waals surface area contributed by atoms with Gasteiger partial charge >= 0.3 is 5.97 Å². The highest BCUT2D eigenvalue weighted by Gasteiger charge is 2.29. The Labute approximate surface area is 80.9 Å². The van der Waals surface area contributed by atoms with Crippen molar-refractivity contribution in [2.24, 2.45) is 5.92 Å². The standard InChI is InChI=1S/C10H11NO3/c1-14-10(13)7-4-6-2-3-11-9(12)8(6)5-7/h2-3,7H,4-5H2,1H3,(H,11,12). The minimum absolute atomic E-state index is 0.0890. The lowest BCUT2D eigenvalue weighted by Gasteiger charge is -2.04. The van der Waals surface area contributed by atoms with Crippen molar-refractivity contribution in [3.63, 3.8) is 0 Å². The van der Waals surface area contributed by atoms with Gasteiger partial charge in [0.25, 0.3) is 5.56 Å². The summed E-state index contributed by atoms with van der Waals surface area (Å²) in [5.74, 6) is -0.418. The van der Waals surface area contributed by atoms with E-state index in [1.165, 1.54) is 7.11 Å². The molecule has 0 saturated carbocycles. The molecular formula is C10H11NO3. The van der Waals surface area contributed by atoms with Crippen molar-refractivity contribution in [3.05, 3.63) is 33.7 Å². The first-order valence-electron chi connectivity index (χ1n) is 4.49. The average molecular weight is 193 g/mol. The van der Waals surface area contributed by atoms with Gasteiger partial charge < -0.3 is 9.72 Å². The van der Waals surface area contributed by atoms with E-state index in [0.717, 1.165) is 11.1 Å². The van der Waals surface area contributed by atoms with E-state index in [9.17, 15) is 9.59 Å². The first-order valence-corrected chi connectivity index (χ1v) is 4.49. The van der Waals surface area contributed by atoms with Gasteiger partial charge in [0.05, 0.1) is 13.0 Å². The Balaban J connectivity index is 2.30. The molecule has 1 atom stereocenters. The highest BCUT2D eigenvalue weighted by Crippen LogP contribution is 2.24. The number of ether oxygens (including phenoxy) is 1. The predicted octanol–water partition coefficient (Wildman–Crippen LogP) is 0.263. The highest BCUT2D eigenvalue weighted by atomic mass is 16.5. The molecule has 0 aliphatic heterocycles. The Kier molecular flexibility index (Phi) is 2.11. The third-order valence-corrected chi connectivity index (χ3v) is 2.61. The van der Waals surface area contributed by atoms with Crippen molar-refractivity contribution in [2.75, 3.05) is 7.11 Å². The molecule has 1 aromatic rings. The molecule has 74 valence electrons. The van der Waals surface area contributed by atoms with E-state index >= 15 is 0 Å². The lowest BCUT2D eigenvalue weighted by Crippen LogP contribution is -2.17. The van der Waals surface area contributed by atoms with Crippen LogP contribution in [0.25, 0.3) is 0 Å². The van der Waals surface area contributed by atoms with E-state index in [-0.39, 0.29) is 17.4 Å². The third-order valence-electron chi connectivity index (χ3n) is 2.61. The lowest BCUT2D eigenvalue weighted by molar-refractivity contribution is -0.145. The van der Waals surface area contributed by atoms with Crippen LogP contribution in [0, 0.1) is 5.92 Å². The van der Waals surface area contributed by atoms with Crippen LogP contribution >= 0.6 is 0 Å². The Hall–Kier alpha value is -1.58. The Morgan fingerprint density at radius 1 is 1.57 bits per heavy atom. The number of methoxy groups -OCH3 is 1. The van der Waals surface area contributed by atoms with Crippen LogP contribution in [0.5, 0.6) is 0 Å². The summed E-state index contributed by atoms with van der Waals surface area (Å²) < 4.78 is 4.65. The van der Waals surface area contributed by atoms with Crippen LogP contribution < -0.4 is 5.56 Å². The maximum Gasteiger partial charge on any atom is 0.309 e. The van der Waals surface area contributed by atoms with E-state index in [4.69, 9.17) is 0 Å². The van der Waals surface area contributed by atoms with Crippen molar-refractivity contribution in [1.82, 2.24) is 4.98 Å². The molecule has 1 aliphatic carbocycles. The smallest absolute Gasteiger partial charge is 0.309 e. The number of esters is 1. The van der Waals surface area contributed by atoms with Crippen LogP contribution in [0.1, 0.15) is 11.1 Å². The Morgan fingerprint density at radius 2 is 2.36 bits per heavy atom. The van der Waals surface area contributed by atoms with Gasteiger partial charge in [-0.3, -0.25) is 9.59 Å². The molecule has 1 heterocycles. The second-order valence-corrected chi connectivity index (χ2v) is 3.44. The molecule has 4 heteroatoms. The van der Waals surface area contributed by atoms with Crippen LogP contribution in [-0.4, -0.2) is 18.1 Å². The molecule has 1 aromatic heterocycles. The second kappa shape index (κ2) is 3.29. The van der Waals surface area contributed by atoms with Crippen LogP contribution in [0.3, 0.4) is 0 Å². The molecule has 1 N–H and O–H groups in total. The van der Waals surface area contributed by atoms with Gasteiger partial charge in [0.15, 0.2) is 0 Å². The summed E-state index contributed by atoms with van der Waals surface area (Å²) in [5.41, 5.74) is 1.60. The number of carbonyl (C=O) groups is 1. The molecular weight excluding hydrogens is 182 g/mol. The summed E-state index contributed by atoms with van der Waals surface area (Å²) in [4.78, 5) is 25.2. The van der Waals surface area contributed by atoms with E-state index in [2.05, 4.69) is 9.72 Å². The van der Waals surface area contributed by atoms with Gasteiger partial charge in [-0.25, -0.2) is 0 Å². The van der Waals surface area contributed by atoms with E-state index in [1.54, 1.807) is 6.20 Å². The summed E-state index contributed by atoms with van der Waals surface area (Å²) in [6.07, 6.45) is 2.73. The van der Waals surface area contributed by atoms with Crippen LogP contribution in [0.15, 0.2) is 17.1 Å². The maximum absolute atomic E-state index is 11.4. The zero-order valence-corrected chi connectivity index (χ0v) is 7.87. The molecule has 0 saturated heterocycles. The van der Waals surface area contributed by atoms with Crippen molar-refractivity contribution in [1.29, 1.82) is 0 Å². The summed E-state index contributed by atoms with van der Waals surface area (Å²) in [6, 6.07) is 1.85. The van der Waals surface area contributed by atoms with Gasteiger partial charge in [0, 0.05) is 11.8 Å². The fraction of sp³-hybridized carbons (Fsp3) is 0.400. The molecule has 0 fully saturated rings. The SMILES string of the molecule is COC(=O)C1Cc2cc[nH]c(=O)c2C1. The molecule has 0 amide bonds. The quantitative estimate of drug-likeness (QED) is 0.651. The topological polar surface area (TPSA) is 59.2 Å². The molecule has 4 nitrogen and oxygen atoms in total. The summed E-state index contributed by atoms with van der Waals surface area (Å²) in [7, 11) is 1.37. The van der Waals surface area contributed by atoms with Crippen molar-refractivity contribution >= 4 is 5.97 Å². The fourth-order valence-electron chi connectivity index (χ4n) is 1.88. The third kappa shape index (κ3) is 1.32. The first kappa shape index (κ1) is 8.99. The largest absolute Gasteiger partial charge is 0.469 e. The molecule has 1 unspecified atom stereocenters. The summed E-state index contributed by atoms with van der Waals surface area (Å²) >= 11 is 0. The Morgan fingerprint density at radius 3 is 3.00 bits per heavy atom. The van der Waals surface area contributed by atoms with Crippen LogP contribution in [0.4, 0.5) is 0 Å². The van der Waals surface area contributed by atoms with Crippen LogP contribution in [0.2, 0.25) is 0 Å². The van der Waals surface area contributed by atoms with Gasteiger partial charge in [0.2, 0.25) is 0 Å². The van der Waals surface area contributed by atoms with Crippen LogP contribution in [-0.2, 0) is 22.4 Å². The minimum atomic E-state index is -0.236. The summed E-state index contributed by atoms with van der Waals surface area (Å²) in [6.45, 7) is 0. The fourth-order valence-corrected chi connectivity index (χ4v) is 1.88. The zero-order valence-electron chi connectivity index (χ0n) is 7.87. The molecule has 0 spiro atoms. The minimum Gasteiger partial charge on any atom is -0.469 e. The molecule has 2 rings (SSSR count). The predicted molar refractivity (Wildman–Crippen MR) is 50.0 cm³/mol. The number of carbonyl (C=O) groups excluding carboxylic acids is 1. The van der Waals surface area contributed by atoms with E-state index in [1.807, 2.05) is 6.07 Å². The number of H-pyrrole nitrogens is 1. The average Bonchev–Trinajstić information content (AvgIpc) is 2.62. The van der Waals surface area contributed by atoms with E-state index < -0.39 is 0 Å². The number of hydrogen-bond donors (Lipinski definition) is 1. The molecule has 14 heavy (non-hydrogen) atoms. The summed E-state index contributed by atoms with van der Waals surface area (Å²) in [5, 5.41) is 0. The van der Waals surface area contributed by atoms with Crippen molar-refractivity contribution < 1.29 is 9.53 Å². The monoisotopic (exact) mass is 193 g/mol. The molecule has 0 radical (unpaired) electrons. The molecule has 1 aliphatic rings. The van der Waals surface area contributed by atoms with Gasteiger partial charge in [-0.15, -0.1) is 0 Å². The first-order chi connectivity index (χ1) is 6.72. The number of aromatic amines is 1. The number of aromatic nitrogens is 1. The van der Waals surface area contributed by atoms with Gasteiger partial charge in [-0.2, -0.15) is 0 Å². The zero-order chi connectivity index (χ0) is 10.1. The van der Waals surface area contributed by atoms with Crippen molar-refractivity contribution in [2.45, 2.75) is 12.8 Å². The number of nitrogens with one attached hydrogen (secondary N) is 1. The Bertz CT molecular complexity index is 422. The number of hydrogen-bond acceptors (Lipinski definition) is 3. The highest BCUT2D eigenvalue weighted by molar-refractivity contribution is 5.74. The second-order valence-electron chi connectivity index (χ2n) is 3.44.